The predicted molar refractivity (Wildman–Crippen MR) is 143 cm³/mol. The van der Waals surface area contributed by atoms with Crippen molar-refractivity contribution >= 4 is 34.9 Å². The van der Waals surface area contributed by atoms with Gasteiger partial charge in [-0.1, -0.05) is 0 Å². The minimum atomic E-state index is -4.93. The van der Waals surface area contributed by atoms with E-state index >= 15 is 0 Å². The average molecular weight is 611 g/mol. The largest absolute Gasteiger partial charge is 0.461 e. The molecule has 2 amide bonds. The number of piperidine rings is 1. The van der Waals surface area contributed by atoms with Crippen LogP contribution in [-0.4, -0.2) is 34.2 Å². The lowest BCUT2D eigenvalue weighted by Gasteiger charge is -2.32. The fourth-order valence-corrected chi connectivity index (χ4v) is 5.57. The van der Waals surface area contributed by atoms with E-state index in [0.29, 0.717) is 41.9 Å². The number of thioether (sulfide) groups is 1. The molecule has 0 unspecified atom stereocenters. The summed E-state index contributed by atoms with van der Waals surface area (Å²) in [5, 5.41) is 1.78. The van der Waals surface area contributed by atoms with Crippen molar-refractivity contribution in [2.24, 2.45) is 5.92 Å². The van der Waals surface area contributed by atoms with Gasteiger partial charge in [-0.3, -0.25) is 14.9 Å². The molecule has 0 spiro atoms. The van der Waals surface area contributed by atoms with E-state index in [1.807, 2.05) is 0 Å². The van der Waals surface area contributed by atoms with E-state index in [1.54, 1.807) is 24.4 Å². The zero-order valence-electron chi connectivity index (χ0n) is 21.9. The topological polar surface area (TPSA) is 88.3 Å². The quantitative estimate of drug-likeness (QED) is 0.221. The van der Waals surface area contributed by atoms with Gasteiger partial charge in [-0.05, 0) is 85.8 Å². The van der Waals surface area contributed by atoms with E-state index in [0.717, 1.165) is 50.5 Å². The summed E-state index contributed by atoms with van der Waals surface area (Å²) in [6.07, 6.45) is -2.83. The number of benzene rings is 1. The lowest BCUT2D eigenvalue weighted by atomic mass is 9.91. The van der Waals surface area contributed by atoms with Gasteiger partial charge in [0.05, 0.1) is 21.7 Å². The molecule has 0 aliphatic carbocycles. The highest BCUT2D eigenvalue weighted by Gasteiger charge is 2.37. The van der Waals surface area contributed by atoms with Crippen LogP contribution in [0.3, 0.4) is 0 Å². The zero-order valence-corrected chi connectivity index (χ0v) is 22.7. The molecule has 0 bridgehead atoms. The second kappa shape index (κ2) is 11.8. The Balaban J connectivity index is 1.14. The van der Waals surface area contributed by atoms with Crippen LogP contribution < -0.4 is 10.2 Å². The Morgan fingerprint density at radius 3 is 2.31 bits per heavy atom. The maximum atomic E-state index is 13.2. The second-order valence-electron chi connectivity index (χ2n) is 10.0. The van der Waals surface area contributed by atoms with Crippen LogP contribution >= 0.6 is 11.8 Å². The fourth-order valence-electron chi connectivity index (χ4n) is 4.90. The summed E-state index contributed by atoms with van der Waals surface area (Å²) in [4.78, 5) is 34.3. The zero-order chi connectivity index (χ0) is 30.1. The number of anilines is 1. The fraction of sp³-hybridized carbons (Fsp3) is 0.357. The van der Waals surface area contributed by atoms with Crippen molar-refractivity contribution in [3.05, 3.63) is 70.1 Å². The number of nitrogens with one attached hydrogen (secondary N) is 1. The van der Waals surface area contributed by atoms with Gasteiger partial charge in [0.2, 0.25) is 5.95 Å². The molecule has 2 aromatic heterocycles. The highest BCUT2D eigenvalue weighted by molar-refractivity contribution is 8.18. The molecule has 0 saturated carbocycles. The Labute approximate surface area is 240 Å². The Morgan fingerprint density at radius 1 is 1.00 bits per heavy atom. The number of rotatable bonds is 7. The summed E-state index contributed by atoms with van der Waals surface area (Å²) in [5.74, 6) is 0.936. The summed E-state index contributed by atoms with van der Waals surface area (Å²) in [6.45, 7) is 1.45. The summed E-state index contributed by atoms with van der Waals surface area (Å²) in [5.41, 5.74) is -2.53. The maximum Gasteiger partial charge on any atom is 0.416 e. The second-order valence-corrected chi connectivity index (χ2v) is 11.0. The number of hydrogen-bond acceptors (Lipinski definition) is 7. The number of carbonyl (C=O) groups is 2. The normalized spacial score (nSPS) is 17.8. The first-order valence-corrected chi connectivity index (χ1v) is 13.9. The number of carbonyl (C=O) groups excluding carboxylic acids is 2. The number of nitrogens with zero attached hydrogens (tertiary/aromatic N) is 3. The van der Waals surface area contributed by atoms with E-state index in [2.05, 4.69) is 20.2 Å². The molecule has 2 fully saturated rings. The van der Waals surface area contributed by atoms with Crippen molar-refractivity contribution in [2.75, 3.05) is 18.0 Å². The molecule has 7 nitrogen and oxygen atoms in total. The van der Waals surface area contributed by atoms with E-state index < -0.39 is 34.6 Å². The molecule has 222 valence electrons. The minimum Gasteiger partial charge on any atom is -0.461 e. The molecule has 4 heterocycles. The van der Waals surface area contributed by atoms with Crippen molar-refractivity contribution in [1.82, 2.24) is 15.3 Å². The first kappa shape index (κ1) is 29.7. The summed E-state index contributed by atoms with van der Waals surface area (Å²) in [7, 11) is 0. The molecule has 0 radical (unpaired) electrons. The van der Waals surface area contributed by atoms with Gasteiger partial charge < -0.3 is 9.32 Å². The third-order valence-electron chi connectivity index (χ3n) is 7.05. The van der Waals surface area contributed by atoms with E-state index in [1.165, 1.54) is 6.07 Å². The Morgan fingerprint density at radius 2 is 1.69 bits per heavy atom. The molecule has 2 saturated heterocycles. The monoisotopic (exact) mass is 610 g/mol. The molecule has 0 atom stereocenters. The van der Waals surface area contributed by atoms with E-state index in [-0.39, 0.29) is 22.3 Å². The van der Waals surface area contributed by atoms with Crippen LogP contribution in [0, 0.1) is 5.92 Å². The standard InChI is InChI=1S/C28H24F6N4O3S/c29-27(30,31)18-12-17(13-19(14-18)28(32,33)34)22-5-4-21(41-22)3-1-2-16-7-10-38(11-8-16)25-35-9-6-20(36-25)15-23-24(39)37-26(40)42-23/h4-6,9,12-16H,1-3,7-8,10-11H2,(H,37,39,40)/b23-15-. The van der Waals surface area contributed by atoms with Crippen molar-refractivity contribution < 1.29 is 40.3 Å². The molecule has 2 aliphatic heterocycles. The number of imide groups is 1. The summed E-state index contributed by atoms with van der Waals surface area (Å²) >= 11 is 0.818. The highest BCUT2D eigenvalue weighted by atomic mass is 32.2. The molecule has 1 N–H and O–H groups in total. The van der Waals surface area contributed by atoms with E-state index in [9.17, 15) is 35.9 Å². The molecule has 5 rings (SSSR count). The van der Waals surface area contributed by atoms with Crippen LogP contribution in [0.2, 0.25) is 0 Å². The number of aryl methyl sites for hydroxylation is 1. The molecule has 2 aliphatic rings. The van der Waals surface area contributed by atoms with E-state index in [4.69, 9.17) is 4.42 Å². The van der Waals surface area contributed by atoms with Gasteiger partial charge >= 0.3 is 12.4 Å². The van der Waals surface area contributed by atoms with Crippen LogP contribution in [0.5, 0.6) is 0 Å². The summed E-state index contributed by atoms with van der Waals surface area (Å²) < 4.78 is 84.9. The van der Waals surface area contributed by atoms with Gasteiger partial charge in [-0.25, -0.2) is 9.97 Å². The highest BCUT2D eigenvalue weighted by Crippen LogP contribution is 2.39. The number of furan rings is 1. The Hall–Kier alpha value is -3.81. The lowest BCUT2D eigenvalue weighted by Crippen LogP contribution is -2.35. The van der Waals surface area contributed by atoms with Gasteiger partial charge in [0.1, 0.15) is 11.5 Å². The van der Waals surface area contributed by atoms with Gasteiger partial charge in [-0.2, -0.15) is 26.3 Å². The van der Waals surface area contributed by atoms with Gasteiger partial charge in [-0.15, -0.1) is 0 Å². The van der Waals surface area contributed by atoms with Crippen LogP contribution in [0.4, 0.5) is 37.1 Å². The Kier molecular flexibility index (Phi) is 8.35. The average Bonchev–Trinajstić information content (AvgIpc) is 3.53. The van der Waals surface area contributed by atoms with Gasteiger partial charge in [0, 0.05) is 31.3 Å². The SMILES string of the molecule is O=C1NC(=O)/C(=C/c2ccnc(N3CCC(CCCc4ccc(-c5cc(C(F)(F)F)cc(C(F)(F)F)c5)o4)CC3)n2)S1. The van der Waals surface area contributed by atoms with Crippen LogP contribution in [0.25, 0.3) is 17.4 Å². The van der Waals surface area contributed by atoms with Gasteiger partial charge in [0.25, 0.3) is 11.1 Å². The smallest absolute Gasteiger partial charge is 0.416 e. The number of amides is 2. The van der Waals surface area contributed by atoms with Gasteiger partial charge in [0.15, 0.2) is 0 Å². The molecular weight excluding hydrogens is 586 g/mol. The Bertz CT molecular complexity index is 1480. The van der Waals surface area contributed by atoms with Crippen molar-refractivity contribution in [1.29, 1.82) is 0 Å². The van der Waals surface area contributed by atoms with Crippen molar-refractivity contribution in [2.45, 2.75) is 44.5 Å². The number of halogens is 6. The number of aromatic nitrogens is 2. The number of alkyl halides is 6. The first-order chi connectivity index (χ1) is 19.8. The maximum absolute atomic E-state index is 13.2. The third kappa shape index (κ3) is 7.15. The molecule has 1 aromatic carbocycles. The number of hydrogen-bond donors (Lipinski definition) is 1. The van der Waals surface area contributed by atoms with Crippen molar-refractivity contribution in [3.63, 3.8) is 0 Å². The minimum absolute atomic E-state index is 0.0495. The third-order valence-corrected chi connectivity index (χ3v) is 7.86. The lowest BCUT2D eigenvalue weighted by molar-refractivity contribution is -0.143. The van der Waals surface area contributed by atoms with Crippen molar-refractivity contribution in [3.8, 4) is 11.3 Å². The molecule has 3 aromatic rings. The molecule has 42 heavy (non-hydrogen) atoms. The molecular formula is C28H24F6N4O3S. The van der Waals surface area contributed by atoms with Crippen LogP contribution in [0.1, 0.15) is 48.3 Å². The summed E-state index contributed by atoms with van der Waals surface area (Å²) in [6, 6.07) is 6.04. The van der Waals surface area contributed by atoms with Crippen LogP contribution in [-0.2, 0) is 23.6 Å². The first-order valence-electron chi connectivity index (χ1n) is 13.1. The van der Waals surface area contributed by atoms with Crippen LogP contribution in [0.15, 0.2) is 51.9 Å². The predicted octanol–water partition coefficient (Wildman–Crippen LogP) is 7.34. The molecule has 14 heteroatoms.